The van der Waals surface area contributed by atoms with Gasteiger partial charge in [-0.1, -0.05) is 0 Å². The Bertz CT molecular complexity index is 330. The Morgan fingerprint density at radius 2 is 2.33 bits per heavy atom. The van der Waals surface area contributed by atoms with E-state index in [-0.39, 0.29) is 17.8 Å². The number of carbonyl (C=O) groups is 1. The van der Waals surface area contributed by atoms with Crippen LogP contribution in [-0.2, 0) is 0 Å². The van der Waals surface area contributed by atoms with Gasteiger partial charge in [0.05, 0.1) is 0 Å². The maximum absolute atomic E-state index is 12.0. The lowest BCUT2D eigenvalue weighted by molar-refractivity contribution is 0.0683. The molecule has 1 fully saturated rings. The molecule has 0 aliphatic heterocycles. The Labute approximate surface area is 88.0 Å². The van der Waals surface area contributed by atoms with E-state index in [0.29, 0.717) is 5.92 Å². The van der Waals surface area contributed by atoms with E-state index >= 15 is 0 Å². The van der Waals surface area contributed by atoms with E-state index in [1.54, 1.807) is 0 Å². The molecule has 1 aliphatic carbocycles. The van der Waals surface area contributed by atoms with Crippen molar-refractivity contribution in [3.8, 4) is 0 Å². The third-order valence-corrected chi connectivity index (χ3v) is 2.57. The summed E-state index contributed by atoms with van der Waals surface area (Å²) in [5, 5.41) is 13.1. The van der Waals surface area contributed by atoms with Crippen LogP contribution in [0.3, 0.4) is 0 Å². The summed E-state index contributed by atoms with van der Waals surface area (Å²) in [6.45, 7) is 4.81. The molecule has 15 heavy (non-hydrogen) atoms. The molecule has 1 N–H and O–H groups in total. The maximum atomic E-state index is 12.0. The number of nitrogens with one attached hydrogen (secondary N) is 1. The van der Waals surface area contributed by atoms with Crippen LogP contribution in [0.2, 0.25) is 0 Å². The molecule has 0 atom stereocenters. The molecular weight excluding hydrogens is 194 g/mol. The SMILES string of the molecule is CC(C)N(CC1CC1)C(=O)c1nn[nH]n1. The van der Waals surface area contributed by atoms with E-state index < -0.39 is 0 Å². The summed E-state index contributed by atoms with van der Waals surface area (Å²) in [6.07, 6.45) is 2.45. The van der Waals surface area contributed by atoms with Crippen molar-refractivity contribution in [1.29, 1.82) is 0 Å². The average Bonchev–Trinajstić information content (AvgIpc) is 2.84. The molecule has 1 aromatic rings. The van der Waals surface area contributed by atoms with Crippen molar-refractivity contribution in [2.45, 2.75) is 32.7 Å². The second kappa shape index (κ2) is 3.96. The molecule has 82 valence electrons. The van der Waals surface area contributed by atoms with Crippen LogP contribution in [0, 0.1) is 5.92 Å². The zero-order chi connectivity index (χ0) is 10.8. The van der Waals surface area contributed by atoms with E-state index in [2.05, 4.69) is 20.6 Å². The topological polar surface area (TPSA) is 74.8 Å². The number of aromatic nitrogens is 4. The number of rotatable bonds is 4. The second-order valence-corrected chi connectivity index (χ2v) is 4.23. The van der Waals surface area contributed by atoms with Gasteiger partial charge in [-0.25, -0.2) is 0 Å². The molecule has 6 nitrogen and oxygen atoms in total. The van der Waals surface area contributed by atoms with Gasteiger partial charge in [-0.15, -0.1) is 10.2 Å². The first-order valence-electron chi connectivity index (χ1n) is 5.23. The van der Waals surface area contributed by atoms with Crippen LogP contribution in [0.4, 0.5) is 0 Å². The van der Waals surface area contributed by atoms with Crippen molar-refractivity contribution in [1.82, 2.24) is 25.5 Å². The van der Waals surface area contributed by atoms with Crippen LogP contribution >= 0.6 is 0 Å². The van der Waals surface area contributed by atoms with Gasteiger partial charge in [0.1, 0.15) is 0 Å². The molecule has 0 aromatic carbocycles. The lowest BCUT2D eigenvalue weighted by atomic mass is 10.2. The van der Waals surface area contributed by atoms with Crippen LogP contribution in [0.1, 0.15) is 37.3 Å². The predicted octanol–water partition coefficient (Wildman–Crippen LogP) is 0.460. The Morgan fingerprint density at radius 1 is 1.60 bits per heavy atom. The predicted molar refractivity (Wildman–Crippen MR) is 53.1 cm³/mol. The van der Waals surface area contributed by atoms with Crippen LogP contribution in [-0.4, -0.2) is 44.0 Å². The highest BCUT2D eigenvalue weighted by Crippen LogP contribution is 2.30. The van der Waals surface area contributed by atoms with Crippen LogP contribution in [0.5, 0.6) is 0 Å². The first kappa shape index (κ1) is 10.1. The number of aromatic amines is 1. The van der Waals surface area contributed by atoms with Gasteiger partial charge in [0, 0.05) is 12.6 Å². The second-order valence-electron chi connectivity index (χ2n) is 4.23. The summed E-state index contributed by atoms with van der Waals surface area (Å²) in [5.41, 5.74) is 0. The Hall–Kier alpha value is -1.46. The minimum Gasteiger partial charge on any atom is -0.333 e. The minimum atomic E-state index is -0.134. The number of hydrogen-bond donors (Lipinski definition) is 1. The van der Waals surface area contributed by atoms with Crippen molar-refractivity contribution in [2.24, 2.45) is 5.92 Å². The minimum absolute atomic E-state index is 0.134. The van der Waals surface area contributed by atoms with Gasteiger partial charge in [0.15, 0.2) is 0 Å². The molecule has 1 aliphatic rings. The highest BCUT2D eigenvalue weighted by atomic mass is 16.2. The zero-order valence-electron chi connectivity index (χ0n) is 8.97. The van der Waals surface area contributed by atoms with Crippen molar-refractivity contribution >= 4 is 5.91 Å². The van der Waals surface area contributed by atoms with E-state index in [1.165, 1.54) is 12.8 Å². The molecule has 0 bridgehead atoms. The normalized spacial score (nSPS) is 15.7. The first-order chi connectivity index (χ1) is 7.18. The van der Waals surface area contributed by atoms with Crippen molar-refractivity contribution in [3.05, 3.63) is 5.82 Å². The summed E-state index contributed by atoms with van der Waals surface area (Å²) in [6, 6.07) is 0.177. The van der Waals surface area contributed by atoms with Gasteiger partial charge >= 0.3 is 0 Å². The van der Waals surface area contributed by atoms with E-state index in [0.717, 1.165) is 6.54 Å². The molecule has 0 unspecified atom stereocenters. The molecule has 0 saturated heterocycles. The monoisotopic (exact) mass is 209 g/mol. The number of nitrogens with zero attached hydrogens (tertiary/aromatic N) is 4. The Kier molecular flexibility index (Phi) is 2.66. The van der Waals surface area contributed by atoms with Gasteiger partial charge < -0.3 is 4.90 Å². The highest BCUT2D eigenvalue weighted by Gasteiger charge is 2.30. The molecular formula is C9H15N5O. The van der Waals surface area contributed by atoms with E-state index in [4.69, 9.17) is 0 Å². The Morgan fingerprint density at radius 3 is 2.80 bits per heavy atom. The lowest BCUT2D eigenvalue weighted by Gasteiger charge is -2.25. The molecule has 6 heteroatoms. The first-order valence-corrected chi connectivity index (χ1v) is 5.23. The number of hydrogen-bond acceptors (Lipinski definition) is 4. The quantitative estimate of drug-likeness (QED) is 0.781. The molecule has 1 saturated carbocycles. The Balaban J connectivity index is 2.06. The molecule has 2 rings (SSSR count). The van der Waals surface area contributed by atoms with E-state index in [9.17, 15) is 4.79 Å². The average molecular weight is 209 g/mol. The molecule has 1 heterocycles. The summed E-state index contributed by atoms with van der Waals surface area (Å²) in [4.78, 5) is 13.8. The van der Waals surface area contributed by atoms with Crippen LogP contribution < -0.4 is 0 Å². The summed E-state index contributed by atoms with van der Waals surface area (Å²) in [7, 11) is 0. The fourth-order valence-electron chi connectivity index (χ4n) is 1.49. The smallest absolute Gasteiger partial charge is 0.295 e. The van der Waals surface area contributed by atoms with Gasteiger partial charge in [0.2, 0.25) is 0 Å². The van der Waals surface area contributed by atoms with Crippen molar-refractivity contribution in [3.63, 3.8) is 0 Å². The number of carbonyl (C=O) groups excluding carboxylic acids is 1. The third kappa shape index (κ3) is 2.31. The summed E-state index contributed by atoms with van der Waals surface area (Å²) < 4.78 is 0. The molecule has 1 amide bonds. The van der Waals surface area contributed by atoms with Gasteiger partial charge in [-0.05, 0) is 37.8 Å². The molecule has 0 spiro atoms. The number of tetrazole rings is 1. The molecule has 0 radical (unpaired) electrons. The van der Waals surface area contributed by atoms with Crippen molar-refractivity contribution in [2.75, 3.05) is 6.54 Å². The lowest BCUT2D eigenvalue weighted by Crippen LogP contribution is -2.39. The summed E-state index contributed by atoms with van der Waals surface area (Å²) >= 11 is 0. The van der Waals surface area contributed by atoms with Crippen molar-refractivity contribution < 1.29 is 4.79 Å². The number of amides is 1. The van der Waals surface area contributed by atoms with Gasteiger partial charge in [-0.3, -0.25) is 4.79 Å². The van der Waals surface area contributed by atoms with E-state index in [1.807, 2.05) is 18.7 Å². The zero-order valence-corrected chi connectivity index (χ0v) is 8.97. The van der Waals surface area contributed by atoms with Gasteiger partial charge in [-0.2, -0.15) is 5.21 Å². The molecule has 1 aromatic heterocycles. The standard InChI is InChI=1S/C9H15N5O/c1-6(2)14(5-7-3-4-7)9(15)8-10-12-13-11-8/h6-7H,3-5H2,1-2H3,(H,10,11,12,13). The maximum Gasteiger partial charge on any atom is 0.295 e. The fourth-order valence-corrected chi connectivity index (χ4v) is 1.49. The third-order valence-electron chi connectivity index (χ3n) is 2.57. The van der Waals surface area contributed by atoms with Gasteiger partial charge in [0.25, 0.3) is 11.7 Å². The van der Waals surface area contributed by atoms with Crippen LogP contribution in [0.25, 0.3) is 0 Å². The largest absolute Gasteiger partial charge is 0.333 e. The fraction of sp³-hybridized carbons (Fsp3) is 0.778. The summed E-state index contributed by atoms with van der Waals surface area (Å²) in [5.74, 6) is 0.693. The van der Waals surface area contributed by atoms with Crippen LogP contribution in [0.15, 0.2) is 0 Å². The number of H-pyrrole nitrogens is 1. The highest BCUT2D eigenvalue weighted by molar-refractivity contribution is 5.90.